The van der Waals surface area contributed by atoms with E-state index in [9.17, 15) is 4.79 Å². The lowest BCUT2D eigenvalue weighted by molar-refractivity contribution is 0.102. The quantitative estimate of drug-likeness (QED) is 0.442. The van der Waals surface area contributed by atoms with Crippen LogP contribution in [0.2, 0.25) is 5.02 Å². The van der Waals surface area contributed by atoms with Gasteiger partial charge in [-0.05, 0) is 54.4 Å². The van der Waals surface area contributed by atoms with Crippen LogP contribution in [0.15, 0.2) is 73.2 Å². The minimum Gasteiger partial charge on any atom is -0.438 e. The van der Waals surface area contributed by atoms with Gasteiger partial charge in [-0.1, -0.05) is 29.8 Å². The summed E-state index contributed by atoms with van der Waals surface area (Å²) in [6.07, 6.45) is 4.75. The van der Waals surface area contributed by atoms with Gasteiger partial charge >= 0.3 is 0 Å². The zero-order valence-electron chi connectivity index (χ0n) is 17.1. The van der Waals surface area contributed by atoms with E-state index >= 15 is 0 Å². The van der Waals surface area contributed by atoms with Crippen LogP contribution in [-0.4, -0.2) is 20.7 Å². The van der Waals surface area contributed by atoms with E-state index in [1.165, 1.54) is 6.20 Å². The Bertz CT molecular complexity index is 1330. The molecular weight excluding hydrogens is 426 g/mol. The zero-order chi connectivity index (χ0) is 22.5. The lowest BCUT2D eigenvalue weighted by Crippen LogP contribution is -2.12. The highest BCUT2D eigenvalue weighted by Gasteiger charge is 2.13. The van der Waals surface area contributed by atoms with E-state index in [-0.39, 0.29) is 11.8 Å². The highest BCUT2D eigenvalue weighted by Crippen LogP contribution is 2.27. The summed E-state index contributed by atoms with van der Waals surface area (Å²) in [5.41, 5.74) is 3.14. The molecule has 1 amide bonds. The Balaban J connectivity index is 1.44. The number of rotatable bonds is 6. The predicted molar refractivity (Wildman–Crippen MR) is 121 cm³/mol. The molecule has 0 aliphatic carbocycles. The molecule has 0 saturated carbocycles. The third-order valence-corrected chi connectivity index (χ3v) is 5.11. The standard InChI is InChI=1S/C24H18ClN5O2/c1-16-11-20(32-24-17(12-26)6-4-10-27-24)8-9-22(16)29-23(31)19-13-28-30(15-19)14-18-5-2-3-7-21(18)25/h2-11,13,15H,14H2,1H3,(H,29,31). The Morgan fingerprint density at radius 3 is 2.84 bits per heavy atom. The summed E-state index contributed by atoms with van der Waals surface area (Å²) in [5, 5.41) is 17.0. The average Bonchev–Trinajstić information content (AvgIpc) is 3.26. The number of hydrogen-bond acceptors (Lipinski definition) is 5. The summed E-state index contributed by atoms with van der Waals surface area (Å²) in [7, 11) is 0. The number of aromatic nitrogens is 3. The molecule has 0 aliphatic rings. The molecule has 0 unspecified atom stereocenters. The fraction of sp³-hybridized carbons (Fsp3) is 0.0833. The maximum atomic E-state index is 12.7. The number of amides is 1. The van der Waals surface area contributed by atoms with Crippen LogP contribution in [-0.2, 0) is 6.54 Å². The van der Waals surface area contributed by atoms with Gasteiger partial charge in [-0.2, -0.15) is 10.4 Å². The van der Waals surface area contributed by atoms with Crippen molar-refractivity contribution in [1.82, 2.24) is 14.8 Å². The number of nitrogens with zero attached hydrogens (tertiary/aromatic N) is 4. The number of pyridine rings is 1. The molecule has 8 heteroatoms. The van der Waals surface area contributed by atoms with E-state index in [1.54, 1.807) is 47.4 Å². The van der Waals surface area contributed by atoms with Crippen molar-refractivity contribution in [1.29, 1.82) is 5.26 Å². The SMILES string of the molecule is Cc1cc(Oc2ncccc2C#N)ccc1NC(=O)c1cnn(Cc2ccccc2Cl)c1. The monoisotopic (exact) mass is 443 g/mol. The van der Waals surface area contributed by atoms with Gasteiger partial charge in [0.15, 0.2) is 0 Å². The Labute approximate surface area is 189 Å². The Morgan fingerprint density at radius 2 is 2.06 bits per heavy atom. The lowest BCUT2D eigenvalue weighted by atomic mass is 10.2. The first-order chi connectivity index (χ1) is 15.5. The van der Waals surface area contributed by atoms with E-state index < -0.39 is 0 Å². The summed E-state index contributed by atoms with van der Waals surface area (Å²) in [4.78, 5) is 16.8. The molecule has 0 saturated heterocycles. The molecule has 0 fully saturated rings. The molecule has 0 atom stereocenters. The van der Waals surface area contributed by atoms with Gasteiger partial charge < -0.3 is 10.1 Å². The number of nitriles is 1. The largest absolute Gasteiger partial charge is 0.438 e. The smallest absolute Gasteiger partial charge is 0.258 e. The molecule has 4 aromatic rings. The van der Waals surface area contributed by atoms with Crippen LogP contribution in [0.1, 0.15) is 27.0 Å². The number of benzene rings is 2. The van der Waals surface area contributed by atoms with Crippen LogP contribution in [0, 0.1) is 18.3 Å². The summed E-state index contributed by atoms with van der Waals surface area (Å²) in [6, 6.07) is 18.1. The Kier molecular flexibility index (Phi) is 6.15. The van der Waals surface area contributed by atoms with Crippen LogP contribution in [0.25, 0.3) is 0 Å². The maximum Gasteiger partial charge on any atom is 0.258 e. The van der Waals surface area contributed by atoms with Gasteiger partial charge in [0.2, 0.25) is 5.88 Å². The van der Waals surface area contributed by atoms with E-state index in [2.05, 4.69) is 15.4 Å². The average molecular weight is 444 g/mol. The number of halogens is 1. The number of nitrogens with one attached hydrogen (secondary N) is 1. The van der Waals surface area contributed by atoms with Crippen LogP contribution < -0.4 is 10.1 Å². The Hall–Kier alpha value is -4.15. The summed E-state index contributed by atoms with van der Waals surface area (Å²) in [6.45, 7) is 2.32. The number of ether oxygens (including phenoxy) is 1. The van der Waals surface area contributed by atoms with Gasteiger partial charge in [0.05, 0.1) is 18.3 Å². The van der Waals surface area contributed by atoms with Crippen molar-refractivity contribution in [3.8, 4) is 17.7 Å². The van der Waals surface area contributed by atoms with Crippen LogP contribution in [0.4, 0.5) is 5.69 Å². The molecular formula is C24H18ClN5O2. The number of hydrogen-bond donors (Lipinski definition) is 1. The topological polar surface area (TPSA) is 92.8 Å². The van der Waals surface area contributed by atoms with Crippen LogP contribution >= 0.6 is 11.6 Å². The van der Waals surface area contributed by atoms with Gasteiger partial charge in [0.25, 0.3) is 5.91 Å². The van der Waals surface area contributed by atoms with Crippen molar-refractivity contribution in [3.63, 3.8) is 0 Å². The molecule has 7 nitrogen and oxygen atoms in total. The third kappa shape index (κ3) is 4.77. The number of carbonyl (C=O) groups is 1. The van der Waals surface area contributed by atoms with Gasteiger partial charge in [0.1, 0.15) is 17.4 Å². The fourth-order valence-electron chi connectivity index (χ4n) is 3.07. The second-order valence-electron chi connectivity index (χ2n) is 7.02. The minimum atomic E-state index is -0.274. The number of carbonyl (C=O) groups excluding carboxylic acids is 1. The highest BCUT2D eigenvalue weighted by molar-refractivity contribution is 6.31. The van der Waals surface area contributed by atoms with Crippen molar-refractivity contribution < 1.29 is 9.53 Å². The molecule has 2 heterocycles. The van der Waals surface area contributed by atoms with E-state index in [4.69, 9.17) is 21.6 Å². The van der Waals surface area contributed by atoms with Crippen molar-refractivity contribution in [2.45, 2.75) is 13.5 Å². The van der Waals surface area contributed by atoms with Crippen molar-refractivity contribution >= 4 is 23.2 Å². The molecule has 158 valence electrons. The first-order valence-corrected chi connectivity index (χ1v) is 10.1. The molecule has 2 aromatic carbocycles. The predicted octanol–water partition coefficient (Wildman–Crippen LogP) is 5.20. The second-order valence-corrected chi connectivity index (χ2v) is 7.43. The fourth-order valence-corrected chi connectivity index (χ4v) is 3.27. The normalized spacial score (nSPS) is 10.4. The Morgan fingerprint density at radius 1 is 1.22 bits per heavy atom. The van der Waals surface area contributed by atoms with Crippen molar-refractivity contribution in [2.75, 3.05) is 5.32 Å². The number of aryl methyl sites for hydroxylation is 1. The van der Waals surface area contributed by atoms with Crippen molar-refractivity contribution in [2.24, 2.45) is 0 Å². The summed E-state index contributed by atoms with van der Waals surface area (Å²) in [5.74, 6) is 0.476. The summed E-state index contributed by atoms with van der Waals surface area (Å²) >= 11 is 6.20. The third-order valence-electron chi connectivity index (χ3n) is 4.74. The van der Waals surface area contributed by atoms with Gasteiger partial charge in [-0.15, -0.1) is 0 Å². The minimum absolute atomic E-state index is 0.233. The van der Waals surface area contributed by atoms with Gasteiger partial charge in [-0.3, -0.25) is 9.48 Å². The molecule has 0 aliphatic heterocycles. The van der Waals surface area contributed by atoms with Gasteiger partial charge in [0, 0.05) is 23.1 Å². The van der Waals surface area contributed by atoms with E-state index in [0.29, 0.717) is 34.1 Å². The highest BCUT2D eigenvalue weighted by atomic mass is 35.5. The molecule has 0 bridgehead atoms. The maximum absolute atomic E-state index is 12.7. The molecule has 32 heavy (non-hydrogen) atoms. The van der Waals surface area contributed by atoms with Crippen LogP contribution in [0.3, 0.4) is 0 Å². The summed E-state index contributed by atoms with van der Waals surface area (Å²) < 4.78 is 7.39. The first-order valence-electron chi connectivity index (χ1n) is 9.74. The molecule has 0 radical (unpaired) electrons. The second kappa shape index (κ2) is 9.33. The van der Waals surface area contributed by atoms with Crippen LogP contribution in [0.5, 0.6) is 11.6 Å². The van der Waals surface area contributed by atoms with Crippen molar-refractivity contribution in [3.05, 3.63) is 100 Å². The van der Waals surface area contributed by atoms with Gasteiger partial charge in [-0.25, -0.2) is 4.98 Å². The van der Waals surface area contributed by atoms with E-state index in [0.717, 1.165) is 11.1 Å². The molecule has 2 aromatic heterocycles. The molecule has 0 spiro atoms. The molecule has 4 rings (SSSR count). The number of anilines is 1. The zero-order valence-corrected chi connectivity index (χ0v) is 17.9. The lowest BCUT2D eigenvalue weighted by Gasteiger charge is -2.11. The first kappa shape index (κ1) is 21.1. The van der Waals surface area contributed by atoms with E-state index in [1.807, 2.05) is 37.3 Å². The molecule has 1 N–H and O–H groups in total.